The van der Waals surface area contributed by atoms with Gasteiger partial charge in [-0.15, -0.1) is 0 Å². The highest BCUT2D eigenvalue weighted by Gasteiger charge is 2.26. The zero-order valence-electron chi connectivity index (χ0n) is 12.0. The van der Waals surface area contributed by atoms with E-state index in [1.165, 1.54) is 24.8 Å². The second-order valence-corrected chi connectivity index (χ2v) is 6.18. The van der Waals surface area contributed by atoms with Crippen molar-refractivity contribution in [3.8, 4) is 11.5 Å². The first-order valence-corrected chi connectivity index (χ1v) is 7.90. The molecule has 1 heterocycles. The predicted octanol–water partition coefficient (Wildman–Crippen LogP) is 3.57. The van der Waals surface area contributed by atoms with E-state index >= 15 is 0 Å². The molecule has 1 atom stereocenters. The number of hydrogen-bond acceptors (Lipinski definition) is 3. The van der Waals surface area contributed by atoms with Crippen LogP contribution in [0.2, 0.25) is 5.02 Å². The molecule has 3 rings (SSSR count). The van der Waals surface area contributed by atoms with Gasteiger partial charge in [-0.1, -0.05) is 18.0 Å². The molecule has 20 heavy (non-hydrogen) atoms. The van der Waals surface area contributed by atoms with Crippen molar-refractivity contribution in [2.75, 3.05) is 13.7 Å². The number of piperidine rings is 1. The fourth-order valence-electron chi connectivity index (χ4n) is 2.74. The Morgan fingerprint density at radius 2 is 2.10 bits per heavy atom. The van der Waals surface area contributed by atoms with Crippen molar-refractivity contribution in [3.63, 3.8) is 0 Å². The summed E-state index contributed by atoms with van der Waals surface area (Å²) >= 11 is 6.38. The predicted molar refractivity (Wildman–Crippen MR) is 81.0 cm³/mol. The summed E-state index contributed by atoms with van der Waals surface area (Å²) in [7, 11) is 1.67. The van der Waals surface area contributed by atoms with Gasteiger partial charge in [0.2, 0.25) is 0 Å². The SMILES string of the molecule is COc1cc(CC2CCCCN2)cc(Cl)c1OC1CC1. The summed E-state index contributed by atoms with van der Waals surface area (Å²) in [6.07, 6.45) is 7.40. The Balaban J connectivity index is 1.75. The lowest BCUT2D eigenvalue weighted by molar-refractivity contribution is 0.282. The molecule has 1 aliphatic heterocycles. The maximum atomic E-state index is 6.38. The maximum absolute atomic E-state index is 6.38. The van der Waals surface area contributed by atoms with E-state index in [-0.39, 0.29) is 0 Å². The molecule has 0 spiro atoms. The largest absolute Gasteiger partial charge is 0.493 e. The highest BCUT2D eigenvalue weighted by Crippen LogP contribution is 2.40. The van der Waals surface area contributed by atoms with Crippen LogP contribution in [0.25, 0.3) is 0 Å². The summed E-state index contributed by atoms with van der Waals surface area (Å²) in [5.74, 6) is 1.47. The summed E-state index contributed by atoms with van der Waals surface area (Å²) < 4.78 is 11.3. The van der Waals surface area contributed by atoms with Gasteiger partial charge in [0.1, 0.15) is 0 Å². The average Bonchev–Trinajstić information content (AvgIpc) is 3.26. The number of methoxy groups -OCH3 is 1. The number of halogens is 1. The first kappa shape index (κ1) is 14.0. The Hall–Kier alpha value is -0.930. The zero-order valence-corrected chi connectivity index (χ0v) is 12.7. The topological polar surface area (TPSA) is 30.5 Å². The molecule has 0 aromatic heterocycles. The molecule has 1 aromatic carbocycles. The van der Waals surface area contributed by atoms with E-state index in [1.54, 1.807) is 7.11 Å². The molecule has 4 heteroatoms. The van der Waals surface area contributed by atoms with Gasteiger partial charge in [-0.25, -0.2) is 0 Å². The van der Waals surface area contributed by atoms with Crippen LogP contribution >= 0.6 is 11.6 Å². The fourth-order valence-corrected chi connectivity index (χ4v) is 3.02. The number of hydrogen-bond donors (Lipinski definition) is 1. The third-order valence-corrected chi connectivity index (χ3v) is 4.27. The average molecular weight is 296 g/mol. The second-order valence-electron chi connectivity index (χ2n) is 5.78. The molecule has 110 valence electrons. The van der Waals surface area contributed by atoms with Crippen molar-refractivity contribution < 1.29 is 9.47 Å². The quantitative estimate of drug-likeness (QED) is 0.901. The van der Waals surface area contributed by atoms with E-state index in [0.717, 1.165) is 31.6 Å². The molecule has 2 fully saturated rings. The Kier molecular flexibility index (Phi) is 4.37. The molecule has 1 saturated heterocycles. The van der Waals surface area contributed by atoms with Crippen molar-refractivity contribution >= 4 is 11.6 Å². The normalized spacial score (nSPS) is 22.6. The van der Waals surface area contributed by atoms with Crippen molar-refractivity contribution in [2.24, 2.45) is 0 Å². The van der Waals surface area contributed by atoms with Crippen LogP contribution in [-0.4, -0.2) is 25.8 Å². The molecular weight excluding hydrogens is 274 g/mol. The van der Waals surface area contributed by atoms with Crippen LogP contribution in [-0.2, 0) is 6.42 Å². The van der Waals surface area contributed by atoms with E-state index in [4.69, 9.17) is 21.1 Å². The van der Waals surface area contributed by atoms with Crippen molar-refractivity contribution in [1.82, 2.24) is 5.32 Å². The van der Waals surface area contributed by atoms with Gasteiger partial charge in [-0.2, -0.15) is 0 Å². The Bertz CT molecular complexity index is 468. The van der Waals surface area contributed by atoms with Crippen LogP contribution < -0.4 is 14.8 Å². The van der Waals surface area contributed by atoms with Gasteiger partial charge >= 0.3 is 0 Å². The highest BCUT2D eigenvalue weighted by molar-refractivity contribution is 6.32. The third kappa shape index (κ3) is 3.39. The molecular formula is C16H22ClNO2. The summed E-state index contributed by atoms with van der Waals surface area (Å²) in [5, 5.41) is 4.23. The molecule has 1 N–H and O–H groups in total. The van der Waals surface area contributed by atoms with Crippen LogP contribution in [0.5, 0.6) is 11.5 Å². The highest BCUT2D eigenvalue weighted by atomic mass is 35.5. The fraction of sp³-hybridized carbons (Fsp3) is 0.625. The first-order chi connectivity index (χ1) is 9.76. The van der Waals surface area contributed by atoms with Crippen LogP contribution in [0.3, 0.4) is 0 Å². The molecule has 2 aliphatic rings. The maximum Gasteiger partial charge on any atom is 0.180 e. The Morgan fingerprint density at radius 3 is 2.75 bits per heavy atom. The van der Waals surface area contributed by atoms with Gasteiger partial charge in [-0.05, 0) is 56.3 Å². The van der Waals surface area contributed by atoms with Gasteiger partial charge in [0.25, 0.3) is 0 Å². The van der Waals surface area contributed by atoms with Crippen LogP contribution in [0, 0.1) is 0 Å². The van der Waals surface area contributed by atoms with Gasteiger partial charge in [0, 0.05) is 6.04 Å². The van der Waals surface area contributed by atoms with E-state index in [2.05, 4.69) is 11.4 Å². The van der Waals surface area contributed by atoms with E-state index in [0.29, 0.717) is 22.9 Å². The van der Waals surface area contributed by atoms with Crippen LogP contribution in [0.15, 0.2) is 12.1 Å². The smallest absolute Gasteiger partial charge is 0.180 e. The number of rotatable bonds is 5. The molecule has 1 saturated carbocycles. The minimum absolute atomic E-state index is 0.326. The zero-order chi connectivity index (χ0) is 13.9. The lowest BCUT2D eigenvalue weighted by Crippen LogP contribution is -2.35. The summed E-state index contributed by atoms with van der Waals surface area (Å²) in [6.45, 7) is 1.12. The monoisotopic (exact) mass is 295 g/mol. The lowest BCUT2D eigenvalue weighted by atomic mass is 9.97. The van der Waals surface area contributed by atoms with E-state index in [1.807, 2.05) is 6.07 Å². The molecule has 0 amide bonds. The van der Waals surface area contributed by atoms with Crippen LogP contribution in [0.4, 0.5) is 0 Å². The number of nitrogens with one attached hydrogen (secondary N) is 1. The van der Waals surface area contributed by atoms with E-state index < -0.39 is 0 Å². The molecule has 3 nitrogen and oxygen atoms in total. The summed E-state index contributed by atoms with van der Waals surface area (Å²) in [4.78, 5) is 0. The Labute approximate surface area is 125 Å². The number of ether oxygens (including phenoxy) is 2. The minimum atomic E-state index is 0.326. The van der Waals surface area contributed by atoms with Crippen molar-refractivity contribution in [1.29, 1.82) is 0 Å². The van der Waals surface area contributed by atoms with Gasteiger partial charge in [-0.3, -0.25) is 0 Å². The Morgan fingerprint density at radius 1 is 1.25 bits per heavy atom. The van der Waals surface area contributed by atoms with Crippen molar-refractivity contribution in [2.45, 2.75) is 50.7 Å². The van der Waals surface area contributed by atoms with Crippen molar-refractivity contribution in [3.05, 3.63) is 22.7 Å². The number of benzene rings is 1. The minimum Gasteiger partial charge on any atom is -0.493 e. The van der Waals surface area contributed by atoms with Gasteiger partial charge in [0.05, 0.1) is 18.2 Å². The standard InChI is InChI=1S/C16H22ClNO2/c1-19-15-10-11(8-12-4-2-3-7-18-12)9-14(17)16(15)20-13-5-6-13/h9-10,12-13,18H,2-8H2,1H3. The molecule has 1 aromatic rings. The molecule has 0 bridgehead atoms. The molecule has 1 unspecified atom stereocenters. The van der Waals surface area contributed by atoms with Crippen LogP contribution in [0.1, 0.15) is 37.7 Å². The van der Waals surface area contributed by atoms with Gasteiger partial charge < -0.3 is 14.8 Å². The van der Waals surface area contributed by atoms with E-state index in [9.17, 15) is 0 Å². The summed E-state index contributed by atoms with van der Waals surface area (Å²) in [5.41, 5.74) is 1.22. The first-order valence-electron chi connectivity index (χ1n) is 7.52. The van der Waals surface area contributed by atoms with Gasteiger partial charge in [0.15, 0.2) is 11.5 Å². The summed E-state index contributed by atoms with van der Waals surface area (Å²) in [6, 6.07) is 4.65. The molecule has 0 radical (unpaired) electrons. The lowest BCUT2D eigenvalue weighted by Gasteiger charge is -2.24. The second kappa shape index (κ2) is 6.23. The third-order valence-electron chi connectivity index (χ3n) is 3.99. The molecule has 1 aliphatic carbocycles.